The molecule has 3 unspecified atom stereocenters. The summed E-state index contributed by atoms with van der Waals surface area (Å²) in [6.07, 6.45) is 6.61. The molecular formula is C40H75N3O8. The van der Waals surface area contributed by atoms with Crippen LogP contribution in [0, 0.1) is 46.3 Å². The fourth-order valence-electron chi connectivity index (χ4n) is 11.4. The summed E-state index contributed by atoms with van der Waals surface area (Å²) in [5, 5.41) is 32.5. The van der Waals surface area contributed by atoms with Crippen molar-refractivity contribution in [2.75, 3.05) is 88.9 Å². The lowest BCUT2D eigenvalue weighted by Gasteiger charge is -2.65. The van der Waals surface area contributed by atoms with Crippen molar-refractivity contribution in [2.45, 2.75) is 115 Å². The minimum atomic E-state index is -0.573. The number of fused-ring (bicyclic) bond motifs is 5. The topological polar surface area (TPSA) is 124 Å². The number of likely N-dealkylation sites (N-methyl/N-ethyl adjacent to an activating group) is 3. The second-order valence-electron chi connectivity index (χ2n) is 18.3. The molecule has 0 aromatic carbocycles. The SMILES string of the molecule is COC(=O)CC[C@@H](C)[C@H]1CC[C@H]2[C@@H]3[C@H](OCC(O)CN(C)C)C[C@@H]4C[C@H](OCC(O)CN(C)C)CC[C@]4(C)[C@H]3C[C@H](OCC(O)CN(C)C)[C@]12C. The Morgan fingerprint density at radius 3 is 1.90 bits per heavy atom. The highest BCUT2D eigenvalue weighted by molar-refractivity contribution is 5.69. The van der Waals surface area contributed by atoms with Crippen molar-refractivity contribution < 1.29 is 39.1 Å². The van der Waals surface area contributed by atoms with Gasteiger partial charge in [-0.25, -0.2) is 0 Å². The van der Waals surface area contributed by atoms with E-state index in [1.807, 2.05) is 57.0 Å². The highest BCUT2D eigenvalue weighted by Gasteiger charge is 2.66. The Morgan fingerprint density at radius 1 is 0.765 bits per heavy atom. The van der Waals surface area contributed by atoms with Gasteiger partial charge in [0.15, 0.2) is 0 Å². The maximum absolute atomic E-state index is 12.2. The van der Waals surface area contributed by atoms with Gasteiger partial charge in [-0.1, -0.05) is 20.8 Å². The lowest BCUT2D eigenvalue weighted by Crippen LogP contribution is -2.63. The number of esters is 1. The molecule has 0 radical (unpaired) electrons. The van der Waals surface area contributed by atoms with Gasteiger partial charge in [-0.05, 0) is 135 Å². The minimum Gasteiger partial charge on any atom is -0.469 e. The minimum absolute atomic E-state index is 0.0108. The molecule has 0 aromatic heterocycles. The van der Waals surface area contributed by atoms with E-state index in [1.54, 1.807) is 0 Å². The number of aliphatic hydroxyl groups is 3. The van der Waals surface area contributed by atoms with Crippen LogP contribution in [0.2, 0.25) is 0 Å². The maximum atomic E-state index is 12.2. The summed E-state index contributed by atoms with van der Waals surface area (Å²) in [5.41, 5.74) is -0.0703. The van der Waals surface area contributed by atoms with E-state index in [0.717, 1.165) is 51.4 Å². The molecule has 11 nitrogen and oxygen atoms in total. The Kier molecular flexibility index (Phi) is 15.7. The van der Waals surface area contributed by atoms with Crippen molar-refractivity contribution in [1.82, 2.24) is 14.7 Å². The molecule has 0 saturated heterocycles. The normalized spacial score (nSPS) is 37.5. The van der Waals surface area contributed by atoms with Gasteiger partial charge in [0, 0.05) is 31.5 Å². The zero-order chi connectivity index (χ0) is 37.7. The largest absolute Gasteiger partial charge is 0.469 e. The van der Waals surface area contributed by atoms with E-state index in [4.69, 9.17) is 18.9 Å². The van der Waals surface area contributed by atoms with Crippen LogP contribution in [0.3, 0.4) is 0 Å². The molecule has 3 N–H and O–H groups in total. The zero-order valence-corrected chi connectivity index (χ0v) is 33.8. The Labute approximate surface area is 309 Å². The van der Waals surface area contributed by atoms with Crippen molar-refractivity contribution in [3.05, 3.63) is 0 Å². The van der Waals surface area contributed by atoms with Gasteiger partial charge in [-0.15, -0.1) is 0 Å². The van der Waals surface area contributed by atoms with Crippen molar-refractivity contribution in [3.63, 3.8) is 0 Å². The Balaban J connectivity index is 1.65. The average Bonchev–Trinajstić information content (AvgIpc) is 3.41. The monoisotopic (exact) mass is 726 g/mol. The highest BCUT2D eigenvalue weighted by Crippen LogP contribution is 2.69. The number of hydrogen-bond donors (Lipinski definition) is 3. The van der Waals surface area contributed by atoms with Crippen LogP contribution < -0.4 is 0 Å². The zero-order valence-electron chi connectivity index (χ0n) is 33.8. The molecule has 0 aromatic rings. The van der Waals surface area contributed by atoms with Crippen LogP contribution in [-0.2, 0) is 23.7 Å². The first-order chi connectivity index (χ1) is 24.0. The fraction of sp³-hybridized carbons (Fsp3) is 0.975. The summed E-state index contributed by atoms with van der Waals surface area (Å²) in [7, 11) is 13.3. The van der Waals surface area contributed by atoms with Gasteiger partial charge in [-0.2, -0.15) is 0 Å². The van der Waals surface area contributed by atoms with Gasteiger partial charge in [0.05, 0.1) is 63.6 Å². The number of carbonyl (C=O) groups excluding carboxylic acids is 1. The molecule has 0 spiro atoms. The third-order valence-corrected chi connectivity index (χ3v) is 13.7. The fourth-order valence-corrected chi connectivity index (χ4v) is 11.4. The molecule has 298 valence electrons. The van der Waals surface area contributed by atoms with Crippen LogP contribution in [0.4, 0.5) is 0 Å². The van der Waals surface area contributed by atoms with Crippen LogP contribution in [0.1, 0.15) is 78.6 Å². The second kappa shape index (κ2) is 18.6. The quantitative estimate of drug-likeness (QED) is 0.170. The number of nitrogens with zero attached hydrogens (tertiary/aromatic N) is 3. The van der Waals surface area contributed by atoms with Crippen molar-refractivity contribution in [2.24, 2.45) is 46.3 Å². The molecule has 0 heterocycles. The molecule has 51 heavy (non-hydrogen) atoms. The van der Waals surface area contributed by atoms with Crippen molar-refractivity contribution in [3.8, 4) is 0 Å². The molecular weight excluding hydrogens is 650 g/mol. The summed E-state index contributed by atoms with van der Waals surface area (Å²) in [6.45, 7) is 9.89. The average molecular weight is 726 g/mol. The van der Waals surface area contributed by atoms with Gasteiger partial charge in [-0.3, -0.25) is 4.79 Å². The Morgan fingerprint density at radius 2 is 1.33 bits per heavy atom. The number of hydrogen-bond acceptors (Lipinski definition) is 11. The summed E-state index contributed by atoms with van der Waals surface area (Å²) in [6, 6.07) is 0. The number of carbonyl (C=O) groups is 1. The van der Waals surface area contributed by atoms with Crippen LogP contribution >= 0.6 is 0 Å². The van der Waals surface area contributed by atoms with Crippen LogP contribution in [0.25, 0.3) is 0 Å². The molecule has 0 amide bonds. The summed E-state index contributed by atoms with van der Waals surface area (Å²) >= 11 is 0. The first-order valence-electron chi connectivity index (χ1n) is 19.9. The molecule has 4 rings (SSSR count). The van der Waals surface area contributed by atoms with Crippen LogP contribution in [-0.4, -0.2) is 161 Å². The summed E-state index contributed by atoms with van der Waals surface area (Å²) in [5.74, 6) is 1.97. The Bertz CT molecular complexity index is 1080. The van der Waals surface area contributed by atoms with E-state index in [-0.39, 0.29) is 35.1 Å². The van der Waals surface area contributed by atoms with E-state index in [2.05, 4.69) is 20.8 Å². The van der Waals surface area contributed by atoms with Gasteiger partial charge in [0.25, 0.3) is 0 Å². The smallest absolute Gasteiger partial charge is 0.305 e. The third-order valence-electron chi connectivity index (χ3n) is 13.7. The van der Waals surface area contributed by atoms with Crippen LogP contribution in [0.5, 0.6) is 0 Å². The summed E-state index contributed by atoms with van der Waals surface area (Å²) < 4.78 is 25.3. The molecule has 4 aliphatic rings. The first kappa shape index (κ1) is 42.8. The lowest BCUT2D eigenvalue weighted by atomic mass is 9.43. The van der Waals surface area contributed by atoms with E-state index in [9.17, 15) is 20.1 Å². The van der Waals surface area contributed by atoms with E-state index in [1.165, 1.54) is 7.11 Å². The standard InChI is InChI=1S/C40H75N3O8/c1-26(11-14-37(47)48-10)32-12-13-33-38-34(19-36(40(32,33)3)51-25-30(46)22-43(8)9)39(2)16-15-31(49-23-28(44)20-41(4)5)17-27(39)18-35(38)50-24-29(45)21-42(6)7/h26-36,38,44-46H,11-25H2,1-10H3/t26-,27+,28?,29?,30?,31-,32-,33+,34+,35-,36+,38+,39+,40-/m1/s1. The summed E-state index contributed by atoms with van der Waals surface area (Å²) in [4.78, 5) is 18.2. The van der Waals surface area contributed by atoms with Gasteiger partial charge in [0.2, 0.25) is 0 Å². The predicted molar refractivity (Wildman–Crippen MR) is 199 cm³/mol. The Hall–Kier alpha value is -0.890. The molecule has 0 aliphatic heterocycles. The van der Waals surface area contributed by atoms with Gasteiger partial charge in [0.1, 0.15) is 0 Å². The second-order valence-corrected chi connectivity index (χ2v) is 18.3. The lowest BCUT2D eigenvalue weighted by molar-refractivity contribution is -0.234. The number of aliphatic hydroxyl groups excluding tert-OH is 3. The molecule has 4 aliphatic carbocycles. The van der Waals surface area contributed by atoms with E-state index in [0.29, 0.717) is 81.4 Å². The van der Waals surface area contributed by atoms with Crippen molar-refractivity contribution >= 4 is 5.97 Å². The van der Waals surface area contributed by atoms with Crippen LogP contribution in [0.15, 0.2) is 0 Å². The van der Waals surface area contributed by atoms with E-state index >= 15 is 0 Å². The third kappa shape index (κ3) is 10.5. The number of methoxy groups -OCH3 is 1. The molecule has 4 fully saturated rings. The van der Waals surface area contributed by atoms with Crippen molar-refractivity contribution in [1.29, 1.82) is 0 Å². The maximum Gasteiger partial charge on any atom is 0.305 e. The number of rotatable bonds is 19. The first-order valence-corrected chi connectivity index (χ1v) is 19.9. The van der Waals surface area contributed by atoms with Gasteiger partial charge >= 0.3 is 5.97 Å². The molecule has 11 heteroatoms. The predicted octanol–water partition coefficient (Wildman–Crippen LogP) is 3.38. The number of ether oxygens (including phenoxy) is 4. The molecule has 0 bridgehead atoms. The van der Waals surface area contributed by atoms with Gasteiger partial charge < -0.3 is 49.0 Å². The highest BCUT2D eigenvalue weighted by atomic mass is 16.5. The molecule has 14 atom stereocenters. The molecule has 4 saturated carbocycles. The van der Waals surface area contributed by atoms with E-state index < -0.39 is 18.3 Å².